The smallest absolute Gasteiger partial charge is 0.264 e. The second kappa shape index (κ2) is 8.02. The Balaban J connectivity index is 2.09. The van der Waals surface area contributed by atoms with Crippen LogP contribution in [0, 0.1) is 0 Å². The van der Waals surface area contributed by atoms with Gasteiger partial charge >= 0.3 is 0 Å². The van der Waals surface area contributed by atoms with Gasteiger partial charge in [-0.05, 0) is 37.3 Å². The van der Waals surface area contributed by atoms with Crippen LogP contribution >= 0.6 is 0 Å². The number of anilines is 1. The quantitative estimate of drug-likeness (QED) is 0.593. The highest BCUT2D eigenvalue weighted by atomic mass is 32.2. The van der Waals surface area contributed by atoms with Crippen LogP contribution in [0.2, 0.25) is 0 Å². The van der Waals surface area contributed by atoms with E-state index < -0.39 is 10.0 Å². The van der Waals surface area contributed by atoms with Crippen LogP contribution in [-0.2, 0) is 10.0 Å². The average molecular weight is 401 g/mol. The van der Waals surface area contributed by atoms with E-state index in [4.69, 9.17) is 9.26 Å². The fourth-order valence-corrected chi connectivity index (χ4v) is 4.31. The summed E-state index contributed by atoms with van der Waals surface area (Å²) in [6.07, 6.45) is 0. The van der Waals surface area contributed by atoms with E-state index in [-0.39, 0.29) is 16.7 Å². The third kappa shape index (κ3) is 3.73. The third-order valence-corrected chi connectivity index (χ3v) is 6.18. The molecule has 0 radical (unpaired) electrons. The highest BCUT2D eigenvalue weighted by molar-refractivity contribution is 7.92. The Morgan fingerprint density at radius 1 is 1.14 bits per heavy atom. The second-order valence-corrected chi connectivity index (χ2v) is 8.34. The number of nitrogens with zero attached hydrogens (tertiary/aromatic N) is 3. The molecule has 1 aromatic heterocycles. The average Bonchev–Trinajstić information content (AvgIpc) is 3.19. The molecule has 3 aromatic rings. The van der Waals surface area contributed by atoms with Gasteiger partial charge in [-0.15, -0.1) is 0 Å². The third-order valence-electron chi connectivity index (χ3n) is 4.28. The van der Waals surface area contributed by atoms with Crippen molar-refractivity contribution in [3.8, 4) is 17.2 Å². The lowest BCUT2D eigenvalue weighted by molar-refractivity contribution is 0.401. The molecule has 7 nitrogen and oxygen atoms in total. The molecule has 0 N–H and O–H groups in total. The SMILES string of the molecule is CCN(c1ccccc1)S(=O)(=O)c1ccc(OC)c(-c2nc(C(C)C)no2)c1. The lowest BCUT2D eigenvalue weighted by Crippen LogP contribution is -2.30. The summed E-state index contributed by atoms with van der Waals surface area (Å²) in [5.74, 6) is 1.31. The minimum absolute atomic E-state index is 0.0871. The van der Waals surface area contributed by atoms with Crippen LogP contribution in [0.5, 0.6) is 5.75 Å². The van der Waals surface area contributed by atoms with Gasteiger partial charge in [0, 0.05) is 12.5 Å². The van der Waals surface area contributed by atoms with Gasteiger partial charge in [-0.25, -0.2) is 8.42 Å². The fraction of sp³-hybridized carbons (Fsp3) is 0.300. The Labute approximate surface area is 165 Å². The van der Waals surface area contributed by atoms with E-state index in [2.05, 4.69) is 10.1 Å². The minimum atomic E-state index is -3.78. The van der Waals surface area contributed by atoms with Crippen molar-refractivity contribution in [2.75, 3.05) is 18.0 Å². The fourth-order valence-electron chi connectivity index (χ4n) is 2.81. The van der Waals surface area contributed by atoms with Crippen molar-refractivity contribution in [3.63, 3.8) is 0 Å². The summed E-state index contributed by atoms with van der Waals surface area (Å²) in [4.78, 5) is 4.49. The van der Waals surface area contributed by atoms with Crippen molar-refractivity contribution < 1.29 is 17.7 Å². The van der Waals surface area contributed by atoms with Gasteiger partial charge in [-0.3, -0.25) is 4.31 Å². The Morgan fingerprint density at radius 3 is 2.43 bits per heavy atom. The van der Waals surface area contributed by atoms with Crippen molar-refractivity contribution in [3.05, 3.63) is 54.4 Å². The van der Waals surface area contributed by atoms with Gasteiger partial charge in [0.15, 0.2) is 5.82 Å². The molecule has 3 rings (SSSR count). The van der Waals surface area contributed by atoms with Gasteiger partial charge in [-0.1, -0.05) is 37.2 Å². The van der Waals surface area contributed by atoms with E-state index in [0.717, 1.165) is 0 Å². The molecule has 0 aliphatic heterocycles. The lowest BCUT2D eigenvalue weighted by atomic mass is 10.2. The van der Waals surface area contributed by atoms with E-state index >= 15 is 0 Å². The first-order valence-electron chi connectivity index (χ1n) is 8.98. The minimum Gasteiger partial charge on any atom is -0.496 e. The first kappa shape index (κ1) is 19.9. The highest BCUT2D eigenvalue weighted by Gasteiger charge is 2.26. The summed E-state index contributed by atoms with van der Waals surface area (Å²) in [5, 5.41) is 3.96. The highest BCUT2D eigenvalue weighted by Crippen LogP contribution is 2.33. The number of ether oxygens (including phenoxy) is 1. The molecule has 0 atom stereocenters. The van der Waals surface area contributed by atoms with E-state index in [9.17, 15) is 8.42 Å². The molecule has 0 unspecified atom stereocenters. The standard InChI is InChI=1S/C20H23N3O4S/c1-5-23(15-9-7-6-8-10-15)28(24,25)16-11-12-18(26-4)17(13-16)20-21-19(14(2)3)22-27-20/h6-14H,5H2,1-4H3. The van der Waals surface area contributed by atoms with E-state index in [1.54, 1.807) is 37.3 Å². The molecule has 0 aliphatic rings. The van der Waals surface area contributed by atoms with Crippen molar-refractivity contribution in [1.29, 1.82) is 0 Å². The van der Waals surface area contributed by atoms with Crippen LogP contribution in [0.3, 0.4) is 0 Å². The molecule has 1 heterocycles. The lowest BCUT2D eigenvalue weighted by Gasteiger charge is -2.23. The Bertz CT molecular complexity index is 1050. The monoisotopic (exact) mass is 401 g/mol. The molecule has 0 saturated carbocycles. The maximum absolute atomic E-state index is 13.3. The van der Waals surface area contributed by atoms with Crippen molar-refractivity contribution in [2.24, 2.45) is 0 Å². The zero-order valence-electron chi connectivity index (χ0n) is 16.3. The molecule has 148 valence electrons. The van der Waals surface area contributed by atoms with Gasteiger partial charge in [-0.2, -0.15) is 4.98 Å². The molecule has 8 heteroatoms. The summed E-state index contributed by atoms with van der Waals surface area (Å²) in [6, 6.07) is 13.6. The van der Waals surface area contributed by atoms with Crippen LogP contribution in [0.15, 0.2) is 57.9 Å². The van der Waals surface area contributed by atoms with Crippen LogP contribution < -0.4 is 9.04 Å². The number of benzene rings is 2. The number of rotatable bonds is 7. The van der Waals surface area contributed by atoms with Crippen LogP contribution in [-0.4, -0.2) is 32.2 Å². The largest absolute Gasteiger partial charge is 0.496 e. The van der Waals surface area contributed by atoms with Crippen LogP contribution in [0.4, 0.5) is 5.69 Å². The molecule has 0 amide bonds. The molecule has 0 fully saturated rings. The summed E-state index contributed by atoms with van der Waals surface area (Å²) in [5.41, 5.74) is 1.04. The van der Waals surface area contributed by atoms with Crippen molar-refractivity contribution >= 4 is 15.7 Å². The van der Waals surface area contributed by atoms with Crippen LogP contribution in [0.25, 0.3) is 11.5 Å². The number of aromatic nitrogens is 2. The summed E-state index contributed by atoms with van der Waals surface area (Å²) >= 11 is 0. The summed E-state index contributed by atoms with van der Waals surface area (Å²) < 4.78 is 38.6. The number of methoxy groups -OCH3 is 1. The molecule has 0 bridgehead atoms. The van der Waals surface area contributed by atoms with E-state index in [1.165, 1.54) is 23.5 Å². The second-order valence-electron chi connectivity index (χ2n) is 6.48. The first-order valence-corrected chi connectivity index (χ1v) is 10.4. The molecular formula is C20H23N3O4S. The number of sulfonamides is 1. The van der Waals surface area contributed by atoms with E-state index in [1.807, 2.05) is 19.9 Å². The number of para-hydroxylation sites is 1. The molecular weight excluding hydrogens is 378 g/mol. The summed E-state index contributed by atoms with van der Waals surface area (Å²) in [6.45, 7) is 5.99. The Morgan fingerprint density at radius 2 is 1.86 bits per heavy atom. The molecule has 0 aliphatic carbocycles. The van der Waals surface area contributed by atoms with Gasteiger partial charge in [0.25, 0.3) is 15.9 Å². The first-order chi connectivity index (χ1) is 13.4. The molecule has 0 spiro atoms. The van der Waals surface area contributed by atoms with Crippen molar-refractivity contribution in [1.82, 2.24) is 10.1 Å². The molecule has 2 aromatic carbocycles. The van der Waals surface area contributed by atoms with Crippen molar-refractivity contribution in [2.45, 2.75) is 31.6 Å². The topological polar surface area (TPSA) is 85.5 Å². The van der Waals surface area contributed by atoms with Gasteiger partial charge in [0.1, 0.15) is 5.75 Å². The Hall–Kier alpha value is -2.87. The van der Waals surface area contributed by atoms with Crippen LogP contribution in [0.1, 0.15) is 32.5 Å². The summed E-state index contributed by atoms with van der Waals surface area (Å²) in [7, 11) is -2.27. The maximum atomic E-state index is 13.3. The molecule has 28 heavy (non-hydrogen) atoms. The van der Waals surface area contributed by atoms with Gasteiger partial charge in [0.05, 0.1) is 23.3 Å². The number of hydrogen-bond acceptors (Lipinski definition) is 6. The normalized spacial score (nSPS) is 11.6. The van der Waals surface area contributed by atoms with Gasteiger partial charge < -0.3 is 9.26 Å². The Kier molecular flexibility index (Phi) is 5.69. The predicted molar refractivity (Wildman–Crippen MR) is 107 cm³/mol. The van der Waals surface area contributed by atoms with E-state index in [0.29, 0.717) is 29.4 Å². The predicted octanol–water partition coefficient (Wildman–Crippen LogP) is 4.08. The zero-order valence-corrected chi connectivity index (χ0v) is 17.1. The number of hydrogen-bond donors (Lipinski definition) is 0. The maximum Gasteiger partial charge on any atom is 0.264 e. The molecule has 0 saturated heterocycles. The van der Waals surface area contributed by atoms with Gasteiger partial charge in [0.2, 0.25) is 0 Å². The zero-order chi connectivity index (χ0) is 20.3.